The average molecular weight is 446 g/mol. The molecule has 0 aliphatic carbocycles. The Kier molecular flexibility index (Phi) is 7.38. The number of carbonyl (C=O) groups excluding carboxylic acids is 2. The van der Waals surface area contributed by atoms with Crippen molar-refractivity contribution < 1.29 is 9.59 Å². The fourth-order valence-corrected chi connectivity index (χ4v) is 3.29. The van der Waals surface area contributed by atoms with Gasteiger partial charge < -0.3 is 10.6 Å². The normalized spacial score (nSPS) is 10.8. The van der Waals surface area contributed by atoms with E-state index in [9.17, 15) is 9.59 Å². The Labute approximate surface area is 194 Å². The molecule has 32 heavy (non-hydrogen) atoms. The molecule has 0 fully saturated rings. The highest BCUT2D eigenvalue weighted by Crippen LogP contribution is 2.22. The van der Waals surface area contributed by atoms with Gasteiger partial charge in [-0.2, -0.15) is 0 Å². The van der Waals surface area contributed by atoms with Gasteiger partial charge in [0, 0.05) is 23.4 Å². The molecule has 0 radical (unpaired) electrons. The van der Waals surface area contributed by atoms with Crippen LogP contribution >= 0.6 is 12.2 Å². The summed E-state index contributed by atoms with van der Waals surface area (Å²) in [4.78, 5) is 25.0. The lowest BCUT2D eigenvalue weighted by Crippen LogP contribution is -2.34. The first-order chi connectivity index (χ1) is 15.2. The molecule has 3 rings (SSSR count). The van der Waals surface area contributed by atoms with Crippen molar-refractivity contribution in [1.82, 2.24) is 10.6 Å². The smallest absolute Gasteiger partial charge is 0.257 e. The molecular weight excluding hydrogens is 418 g/mol. The third-order valence-corrected chi connectivity index (χ3v) is 5.12. The summed E-state index contributed by atoms with van der Waals surface area (Å²) < 4.78 is 0. The molecule has 3 N–H and O–H groups in total. The minimum Gasteiger partial charge on any atom is -0.348 e. The topological polar surface area (TPSA) is 70.2 Å². The Bertz CT molecular complexity index is 1100. The van der Waals surface area contributed by atoms with Gasteiger partial charge in [-0.15, -0.1) is 0 Å². The summed E-state index contributed by atoms with van der Waals surface area (Å²) >= 11 is 5.28. The van der Waals surface area contributed by atoms with Crippen LogP contribution in [0, 0.1) is 0 Å². The Morgan fingerprint density at radius 3 is 2.16 bits per heavy atom. The summed E-state index contributed by atoms with van der Waals surface area (Å²) in [5.74, 6) is -0.480. The van der Waals surface area contributed by atoms with E-state index in [2.05, 4.69) is 36.7 Å². The van der Waals surface area contributed by atoms with E-state index in [1.165, 1.54) is 0 Å². The Balaban J connectivity index is 1.57. The number of hydrogen-bond donors (Lipinski definition) is 3. The summed E-state index contributed by atoms with van der Waals surface area (Å²) in [6.07, 6.45) is 0. The molecule has 164 valence electrons. The zero-order valence-corrected chi connectivity index (χ0v) is 19.3. The van der Waals surface area contributed by atoms with E-state index in [0.717, 1.165) is 11.1 Å². The Morgan fingerprint density at radius 1 is 0.812 bits per heavy atom. The van der Waals surface area contributed by atoms with Gasteiger partial charge in [0.15, 0.2) is 5.11 Å². The van der Waals surface area contributed by atoms with Crippen LogP contribution in [0.15, 0.2) is 78.9 Å². The highest BCUT2D eigenvalue weighted by atomic mass is 32.1. The van der Waals surface area contributed by atoms with Crippen molar-refractivity contribution in [3.05, 3.63) is 101 Å². The first-order valence-electron chi connectivity index (χ1n) is 10.4. The van der Waals surface area contributed by atoms with Crippen LogP contribution in [0.5, 0.6) is 0 Å². The van der Waals surface area contributed by atoms with Crippen LogP contribution in [0.2, 0.25) is 0 Å². The second-order valence-corrected chi connectivity index (χ2v) is 8.89. The van der Waals surface area contributed by atoms with Crippen molar-refractivity contribution in [3.8, 4) is 0 Å². The predicted octanol–water partition coefficient (Wildman–Crippen LogP) is 5.04. The van der Waals surface area contributed by atoms with Crippen LogP contribution in [0.1, 0.15) is 52.6 Å². The standard InChI is InChI=1S/C26H27N3O2S/c1-26(2,3)21-14-12-19(13-15-21)24(31)29-25(32)28-22-11-7-10-20(16-22)23(30)27-17-18-8-5-4-6-9-18/h4-16H,17H2,1-3H3,(H,27,30)(H2,28,29,31,32). The molecule has 6 heteroatoms. The number of anilines is 1. The van der Waals surface area contributed by atoms with Gasteiger partial charge in [-0.05, 0) is 59.1 Å². The minimum atomic E-state index is -0.292. The number of amides is 2. The maximum Gasteiger partial charge on any atom is 0.257 e. The van der Waals surface area contributed by atoms with Gasteiger partial charge in [0.1, 0.15) is 0 Å². The molecule has 0 bridgehead atoms. The van der Waals surface area contributed by atoms with E-state index >= 15 is 0 Å². The molecular formula is C26H27N3O2S. The lowest BCUT2D eigenvalue weighted by molar-refractivity contribution is 0.0948. The van der Waals surface area contributed by atoms with Crippen LogP contribution in [0.25, 0.3) is 0 Å². The monoisotopic (exact) mass is 445 g/mol. The summed E-state index contributed by atoms with van der Waals surface area (Å²) in [5.41, 5.74) is 3.83. The van der Waals surface area contributed by atoms with Gasteiger partial charge in [-0.3, -0.25) is 14.9 Å². The minimum absolute atomic E-state index is 0.0181. The Morgan fingerprint density at radius 2 is 1.50 bits per heavy atom. The molecule has 0 heterocycles. The Hall–Kier alpha value is -3.51. The zero-order chi connectivity index (χ0) is 23.1. The van der Waals surface area contributed by atoms with E-state index in [1.54, 1.807) is 36.4 Å². The van der Waals surface area contributed by atoms with Gasteiger partial charge >= 0.3 is 0 Å². The second kappa shape index (κ2) is 10.2. The van der Waals surface area contributed by atoms with Crippen molar-refractivity contribution in [2.45, 2.75) is 32.7 Å². The van der Waals surface area contributed by atoms with Crippen LogP contribution in [0.3, 0.4) is 0 Å². The third-order valence-electron chi connectivity index (χ3n) is 4.92. The third kappa shape index (κ3) is 6.49. The molecule has 3 aromatic rings. The van der Waals surface area contributed by atoms with E-state index < -0.39 is 0 Å². The number of benzene rings is 3. The van der Waals surface area contributed by atoms with Crippen molar-refractivity contribution in [2.24, 2.45) is 0 Å². The number of carbonyl (C=O) groups is 2. The zero-order valence-electron chi connectivity index (χ0n) is 18.4. The van der Waals surface area contributed by atoms with Crippen molar-refractivity contribution in [3.63, 3.8) is 0 Å². The molecule has 0 spiro atoms. The van der Waals surface area contributed by atoms with Gasteiger partial charge in [0.05, 0.1) is 0 Å². The number of rotatable bonds is 5. The molecule has 0 unspecified atom stereocenters. The quantitative estimate of drug-likeness (QED) is 0.481. The van der Waals surface area contributed by atoms with E-state index in [0.29, 0.717) is 23.4 Å². The molecule has 0 aromatic heterocycles. The fourth-order valence-electron chi connectivity index (χ4n) is 3.08. The van der Waals surface area contributed by atoms with Crippen LogP contribution in [-0.4, -0.2) is 16.9 Å². The van der Waals surface area contributed by atoms with Crippen molar-refractivity contribution in [2.75, 3.05) is 5.32 Å². The first kappa shape index (κ1) is 23.2. The van der Waals surface area contributed by atoms with Crippen molar-refractivity contribution in [1.29, 1.82) is 0 Å². The van der Waals surface area contributed by atoms with Crippen LogP contribution in [0.4, 0.5) is 5.69 Å². The van der Waals surface area contributed by atoms with Gasteiger partial charge in [0.25, 0.3) is 11.8 Å². The molecule has 0 aliphatic heterocycles. The largest absolute Gasteiger partial charge is 0.348 e. The summed E-state index contributed by atoms with van der Waals surface area (Å²) in [7, 11) is 0. The molecule has 3 aromatic carbocycles. The number of thiocarbonyl (C=S) groups is 1. The summed E-state index contributed by atoms with van der Waals surface area (Å²) in [6.45, 7) is 6.81. The average Bonchev–Trinajstić information content (AvgIpc) is 2.77. The maximum atomic E-state index is 12.5. The van der Waals surface area contributed by atoms with Crippen LogP contribution in [-0.2, 0) is 12.0 Å². The van der Waals surface area contributed by atoms with Gasteiger partial charge in [0.2, 0.25) is 0 Å². The SMILES string of the molecule is CC(C)(C)c1ccc(C(=O)NC(=S)Nc2cccc(C(=O)NCc3ccccc3)c2)cc1. The molecule has 0 aliphatic rings. The molecule has 0 atom stereocenters. The second-order valence-electron chi connectivity index (χ2n) is 8.48. The highest BCUT2D eigenvalue weighted by Gasteiger charge is 2.15. The first-order valence-corrected chi connectivity index (χ1v) is 10.8. The summed E-state index contributed by atoms with van der Waals surface area (Å²) in [5, 5.41) is 8.70. The lowest BCUT2D eigenvalue weighted by atomic mass is 9.87. The predicted molar refractivity (Wildman–Crippen MR) is 133 cm³/mol. The van der Waals surface area contributed by atoms with Gasteiger partial charge in [-0.1, -0.05) is 69.3 Å². The fraction of sp³-hybridized carbons (Fsp3) is 0.192. The maximum absolute atomic E-state index is 12.5. The van der Waals surface area contributed by atoms with Crippen molar-refractivity contribution >= 4 is 34.8 Å². The molecule has 0 saturated heterocycles. The van der Waals surface area contributed by atoms with E-state index in [4.69, 9.17) is 12.2 Å². The highest BCUT2D eigenvalue weighted by molar-refractivity contribution is 7.80. The molecule has 0 saturated carbocycles. The van der Waals surface area contributed by atoms with E-state index in [1.807, 2.05) is 42.5 Å². The molecule has 2 amide bonds. The lowest BCUT2D eigenvalue weighted by Gasteiger charge is -2.19. The van der Waals surface area contributed by atoms with Crippen LogP contribution < -0.4 is 16.0 Å². The summed E-state index contributed by atoms with van der Waals surface area (Å²) in [6, 6.07) is 24.1. The van der Waals surface area contributed by atoms with E-state index in [-0.39, 0.29) is 22.3 Å². The molecule has 5 nitrogen and oxygen atoms in total. The number of nitrogens with one attached hydrogen (secondary N) is 3. The number of hydrogen-bond acceptors (Lipinski definition) is 3. The van der Waals surface area contributed by atoms with Gasteiger partial charge in [-0.25, -0.2) is 0 Å².